The third-order valence-electron chi connectivity index (χ3n) is 14.4. The summed E-state index contributed by atoms with van der Waals surface area (Å²) in [4.78, 5) is 0. The Labute approximate surface area is 477 Å². The van der Waals surface area contributed by atoms with E-state index in [0.29, 0.717) is 81.4 Å². The van der Waals surface area contributed by atoms with E-state index in [-0.39, 0.29) is 41.7 Å². The zero-order valence-corrected chi connectivity index (χ0v) is 47.3. The van der Waals surface area contributed by atoms with Gasteiger partial charge in [0, 0.05) is 28.5 Å². The van der Waals surface area contributed by atoms with Gasteiger partial charge < -0.3 is 57.4 Å². The molecule has 0 aliphatic carbocycles. The highest BCUT2D eigenvalue weighted by Gasteiger charge is 2.46. The first-order valence-electron chi connectivity index (χ1n) is 27.4. The van der Waals surface area contributed by atoms with Gasteiger partial charge in [-0.15, -0.1) is 0 Å². The van der Waals surface area contributed by atoms with E-state index in [1.54, 1.807) is 30.3 Å². The number of hydrogen-bond acceptors (Lipinski definition) is 12. The smallest absolute Gasteiger partial charge is 0.488 e. The van der Waals surface area contributed by atoms with E-state index in [2.05, 4.69) is 29.8 Å². The predicted molar refractivity (Wildman–Crippen MR) is 306 cm³/mol. The zero-order valence-electron chi connectivity index (χ0n) is 45.7. The van der Waals surface area contributed by atoms with Gasteiger partial charge in [-0.1, -0.05) is 198 Å². The van der Waals surface area contributed by atoms with Gasteiger partial charge in [0.25, 0.3) is 0 Å². The van der Waals surface area contributed by atoms with Crippen LogP contribution in [0.2, 0.25) is 0 Å². The van der Waals surface area contributed by atoms with Crippen LogP contribution < -0.4 is 5.46 Å². The van der Waals surface area contributed by atoms with Gasteiger partial charge in [0.1, 0.15) is 24.4 Å². The van der Waals surface area contributed by atoms with Crippen LogP contribution in [-0.2, 0) is 73.8 Å². The lowest BCUT2D eigenvalue weighted by Crippen LogP contribution is -2.49. The van der Waals surface area contributed by atoms with Gasteiger partial charge >= 0.3 is 7.12 Å². The lowest BCUT2D eigenvalue weighted by atomic mass is 9.77. The molecule has 10 rings (SSSR count). The number of rotatable bonds is 18. The monoisotopic (exact) mass is 1160 g/mol. The van der Waals surface area contributed by atoms with Crippen molar-refractivity contribution in [3.8, 4) is 0 Å². The topological polar surface area (TPSA) is 133 Å². The fourth-order valence-corrected chi connectivity index (χ4v) is 10.5. The highest BCUT2D eigenvalue weighted by molar-refractivity contribution is 9.11. The van der Waals surface area contributed by atoms with E-state index in [0.717, 1.165) is 28.7 Å². The molecular formula is C64H72BBrF2O12. The van der Waals surface area contributed by atoms with Gasteiger partial charge in [0.15, 0.2) is 29.9 Å². The Kier molecular flexibility index (Phi) is 23.4. The summed E-state index contributed by atoms with van der Waals surface area (Å²) in [6, 6.07) is 53.9. The first-order valence-corrected chi connectivity index (χ1v) is 28.2. The molecule has 4 aliphatic heterocycles. The second kappa shape index (κ2) is 31.0. The maximum absolute atomic E-state index is 16.6. The molecular weight excluding hydrogens is 1090 g/mol. The Hall–Kier alpha value is -5.60. The van der Waals surface area contributed by atoms with Crippen LogP contribution in [0.15, 0.2) is 186 Å². The second-order valence-electron chi connectivity index (χ2n) is 19.8. The normalized spacial score (nSPS) is 24.3. The largest absolute Gasteiger partial charge is 0.488 e. The Morgan fingerprint density at radius 3 is 1.25 bits per heavy atom. The fraction of sp³-hybridized carbons (Fsp3) is 0.375. The SMILES string of the molecule is CC[C@H]1OC(=C(F)Br)[C@H](OCc2ccccc2)[C@@H](OCc2ccccc2)[C@@H]1C.CC[C@H]1OC(=C(F)c2ccccc2C2OCCO2)[C@H](OCc2ccccc2)[C@@H](OCc2ccccc2)[C@@H]1C.OB(O)c1ccccc1C1OCCO1. The molecule has 4 saturated heterocycles. The van der Waals surface area contributed by atoms with Crippen molar-refractivity contribution >= 4 is 34.3 Å². The molecule has 16 heteroatoms. The van der Waals surface area contributed by atoms with Crippen molar-refractivity contribution in [2.45, 2.75) is 116 Å². The molecule has 4 aliphatic rings. The van der Waals surface area contributed by atoms with Gasteiger partial charge in [0.05, 0.1) is 65.1 Å². The first-order chi connectivity index (χ1) is 39.0. The van der Waals surface area contributed by atoms with Crippen molar-refractivity contribution in [1.29, 1.82) is 0 Å². The van der Waals surface area contributed by atoms with Crippen molar-refractivity contribution in [2.24, 2.45) is 11.8 Å². The molecule has 6 aromatic rings. The molecule has 0 aromatic heterocycles. The van der Waals surface area contributed by atoms with Crippen LogP contribution in [0.1, 0.15) is 92.1 Å². The third-order valence-corrected chi connectivity index (χ3v) is 14.8. The molecule has 2 N–H and O–H groups in total. The molecule has 424 valence electrons. The molecule has 0 saturated carbocycles. The lowest BCUT2D eigenvalue weighted by molar-refractivity contribution is -0.168. The van der Waals surface area contributed by atoms with Crippen LogP contribution in [0.3, 0.4) is 0 Å². The Bertz CT molecular complexity index is 2840. The highest BCUT2D eigenvalue weighted by Crippen LogP contribution is 2.42. The zero-order chi connectivity index (χ0) is 56.2. The average Bonchev–Trinajstić information content (AvgIpc) is 4.26. The van der Waals surface area contributed by atoms with Crippen molar-refractivity contribution in [2.75, 3.05) is 26.4 Å². The van der Waals surface area contributed by atoms with Gasteiger partial charge in [0.2, 0.25) is 4.74 Å². The van der Waals surface area contributed by atoms with Gasteiger partial charge in [-0.2, -0.15) is 4.39 Å². The lowest BCUT2D eigenvalue weighted by Gasteiger charge is -2.42. The van der Waals surface area contributed by atoms with Crippen LogP contribution in [0.4, 0.5) is 8.78 Å². The molecule has 4 heterocycles. The molecule has 12 nitrogen and oxygen atoms in total. The summed E-state index contributed by atoms with van der Waals surface area (Å²) in [7, 11) is -1.49. The predicted octanol–water partition coefficient (Wildman–Crippen LogP) is 12.5. The van der Waals surface area contributed by atoms with Crippen LogP contribution in [0.5, 0.6) is 0 Å². The molecule has 0 unspecified atom stereocenters. The summed E-state index contributed by atoms with van der Waals surface area (Å²) in [5.74, 6) is -0.0902. The minimum absolute atomic E-state index is 0.0159. The molecule has 4 fully saturated rings. The van der Waals surface area contributed by atoms with E-state index in [1.807, 2.05) is 153 Å². The Balaban J connectivity index is 0.000000174. The van der Waals surface area contributed by atoms with Gasteiger partial charge in [-0.05, 0) is 56.5 Å². The Morgan fingerprint density at radius 2 is 0.838 bits per heavy atom. The summed E-state index contributed by atoms with van der Waals surface area (Å²) >= 11 is 2.96. The first kappa shape index (κ1) is 60.5. The van der Waals surface area contributed by atoms with Crippen LogP contribution in [-0.4, -0.2) is 80.2 Å². The maximum atomic E-state index is 16.6. The van der Waals surface area contributed by atoms with E-state index in [4.69, 9.17) is 57.4 Å². The summed E-state index contributed by atoms with van der Waals surface area (Å²) in [5, 5.41) is 18.2. The highest BCUT2D eigenvalue weighted by atomic mass is 79.9. The molecule has 80 heavy (non-hydrogen) atoms. The second-order valence-corrected chi connectivity index (χ2v) is 20.5. The van der Waals surface area contributed by atoms with E-state index >= 15 is 4.39 Å². The van der Waals surface area contributed by atoms with Crippen molar-refractivity contribution in [1.82, 2.24) is 0 Å². The molecule has 0 amide bonds. The van der Waals surface area contributed by atoms with E-state index in [9.17, 15) is 4.39 Å². The van der Waals surface area contributed by atoms with Crippen LogP contribution in [0, 0.1) is 11.8 Å². The Morgan fingerprint density at radius 1 is 0.487 bits per heavy atom. The van der Waals surface area contributed by atoms with Crippen molar-refractivity contribution in [3.05, 3.63) is 225 Å². The minimum Gasteiger partial charge on any atom is -0.488 e. The van der Waals surface area contributed by atoms with Crippen molar-refractivity contribution < 1.29 is 66.2 Å². The molecule has 8 atom stereocenters. The number of ether oxygens (including phenoxy) is 10. The molecule has 0 bridgehead atoms. The van der Waals surface area contributed by atoms with Crippen molar-refractivity contribution in [3.63, 3.8) is 0 Å². The van der Waals surface area contributed by atoms with Crippen LogP contribution in [0.25, 0.3) is 5.83 Å². The molecule has 6 aromatic carbocycles. The minimum atomic E-state index is -1.49. The molecule has 0 radical (unpaired) electrons. The van der Waals surface area contributed by atoms with Gasteiger partial charge in [-0.3, -0.25) is 0 Å². The quantitative estimate of drug-likeness (QED) is 0.0794. The number of hydrogen-bond donors (Lipinski definition) is 2. The molecule has 0 spiro atoms. The van der Waals surface area contributed by atoms with Crippen LogP contribution >= 0.6 is 15.9 Å². The number of halogens is 3. The fourth-order valence-electron chi connectivity index (χ4n) is 10.1. The summed E-state index contributed by atoms with van der Waals surface area (Å²) in [6.07, 6.45) is -2.05. The van der Waals surface area contributed by atoms with E-state index < -0.39 is 48.6 Å². The van der Waals surface area contributed by atoms with Gasteiger partial charge in [-0.25, -0.2) is 4.39 Å². The average molecular weight is 1160 g/mol. The third kappa shape index (κ3) is 16.3. The summed E-state index contributed by atoms with van der Waals surface area (Å²) in [5.41, 5.74) is 6.26. The maximum Gasteiger partial charge on any atom is 0.488 e. The van der Waals surface area contributed by atoms with E-state index in [1.165, 1.54) is 0 Å². The number of benzene rings is 6. The summed E-state index contributed by atoms with van der Waals surface area (Å²) < 4.78 is 90.0. The summed E-state index contributed by atoms with van der Waals surface area (Å²) in [6.45, 7) is 11.8. The standard InChI is InChI=1S/C32H35FO5.C23H26BrFO3.C9H11BO4/c1-3-27-22(2)29(36-20-23-12-6-4-7-13-23)31(37-21-24-14-8-5-9-15-24)30(38-27)28(33)25-16-10-11-17-26(25)32-34-18-19-35-32;1-3-19-16(2)20(26-14-17-10-6-4-7-11-17)21(22(28-19)23(24)25)27-15-18-12-8-5-9-13-18;11-10(12)8-4-2-1-3-7(8)9-13-5-6-14-9/h4-17,22,27,29,31-32H,3,18-21H2,1-2H3;4-13,16,19-21H,3,14-15H2,1-2H3;1-4,9,11-12H,5-6H2/t22-,27-,29+,31-;16-,19-,20+,21-;/m11./s1.